The predicted octanol–water partition coefficient (Wildman–Crippen LogP) is 4.07. The number of aromatic hydroxyl groups is 1. The van der Waals surface area contributed by atoms with E-state index in [-0.39, 0.29) is 17.7 Å². The molecule has 2 saturated heterocycles. The fourth-order valence-corrected chi connectivity index (χ4v) is 6.80. The van der Waals surface area contributed by atoms with Crippen LogP contribution < -0.4 is 14.5 Å². The summed E-state index contributed by atoms with van der Waals surface area (Å²) in [5.74, 6) is 0.540. The van der Waals surface area contributed by atoms with Crippen LogP contribution in [-0.4, -0.2) is 84.3 Å². The number of likely N-dealkylation sites (tertiary alicyclic amines) is 1. The molecule has 1 N–H and O–H groups in total. The predicted molar refractivity (Wildman–Crippen MR) is 164 cm³/mol. The van der Waals surface area contributed by atoms with E-state index < -0.39 is 0 Å². The molecule has 0 aliphatic carbocycles. The van der Waals surface area contributed by atoms with E-state index >= 15 is 0 Å². The van der Waals surface area contributed by atoms with E-state index in [4.69, 9.17) is 9.72 Å². The highest BCUT2D eigenvalue weighted by Crippen LogP contribution is 2.40. The lowest BCUT2D eigenvalue weighted by Crippen LogP contribution is -2.54. The van der Waals surface area contributed by atoms with E-state index in [9.17, 15) is 15.2 Å². The number of amides is 1. The summed E-state index contributed by atoms with van der Waals surface area (Å²) < 4.78 is 6.38. The quantitative estimate of drug-likeness (QED) is 0.446. The van der Waals surface area contributed by atoms with Gasteiger partial charge in [-0.3, -0.25) is 4.79 Å². The zero-order valence-electron chi connectivity index (χ0n) is 24.4. The lowest BCUT2D eigenvalue weighted by molar-refractivity contribution is -0.128. The fourth-order valence-electron chi connectivity index (χ4n) is 6.80. The van der Waals surface area contributed by atoms with E-state index in [0.717, 1.165) is 59.3 Å². The Morgan fingerprint density at radius 3 is 2.79 bits per heavy atom. The van der Waals surface area contributed by atoms with Gasteiger partial charge in [0.05, 0.1) is 17.9 Å². The molecule has 6 rings (SSSR count). The number of hydrogen-bond acceptors (Lipinski definition) is 8. The number of nitriles is 1. The average Bonchev–Trinajstić information content (AvgIpc) is 3.42. The maximum atomic E-state index is 12.4. The SMILES string of the molecule is C=CC(=O)N1CCN(c2c(C#N)c(OC[C@@H]3CCCN3C)nc3c2CCN(c2cc(O)cc4ccccc24)C3)C[C@@H]1C. The number of anilines is 2. The van der Waals surface area contributed by atoms with Crippen LogP contribution in [0, 0.1) is 11.3 Å². The van der Waals surface area contributed by atoms with E-state index in [2.05, 4.69) is 40.5 Å². The Balaban J connectivity index is 1.39. The van der Waals surface area contributed by atoms with Crippen LogP contribution in [0.25, 0.3) is 10.8 Å². The molecule has 0 unspecified atom stereocenters. The van der Waals surface area contributed by atoms with Gasteiger partial charge in [-0.2, -0.15) is 5.26 Å². The molecule has 3 aliphatic rings. The van der Waals surface area contributed by atoms with Crippen LogP contribution in [0.3, 0.4) is 0 Å². The van der Waals surface area contributed by atoms with Gasteiger partial charge >= 0.3 is 0 Å². The van der Waals surface area contributed by atoms with Crippen molar-refractivity contribution in [2.24, 2.45) is 0 Å². The molecule has 218 valence electrons. The van der Waals surface area contributed by atoms with Crippen molar-refractivity contribution in [2.45, 2.75) is 44.8 Å². The van der Waals surface area contributed by atoms with Gasteiger partial charge < -0.3 is 29.4 Å². The number of nitrogens with zero attached hydrogens (tertiary/aromatic N) is 6. The fraction of sp³-hybridized carbons (Fsp3) is 0.424. The second-order valence-electron chi connectivity index (χ2n) is 11.7. The molecule has 9 nitrogen and oxygen atoms in total. The van der Waals surface area contributed by atoms with Gasteiger partial charge in [0, 0.05) is 61.0 Å². The van der Waals surface area contributed by atoms with Crippen molar-refractivity contribution in [3.8, 4) is 17.7 Å². The standard InChI is InChI=1S/C33H38N6O3/c1-4-31(41)39-15-14-38(19-22(39)2)32-27-11-13-37(30-17-25(40)16-23-8-5-6-10-26(23)30)20-29(27)35-33(28(32)18-34)42-21-24-9-7-12-36(24)3/h4-6,8,10,16-17,22,24,40H,1,7,9,11-15,19-21H2,2-3H3/t22-,24-/m0/s1. The molecule has 9 heteroatoms. The summed E-state index contributed by atoms with van der Waals surface area (Å²) in [6, 6.07) is 14.4. The number of pyridine rings is 1. The molecule has 2 fully saturated rings. The number of phenols is 1. The highest BCUT2D eigenvalue weighted by atomic mass is 16.5. The Morgan fingerprint density at radius 1 is 1.21 bits per heavy atom. The number of aromatic nitrogens is 1. The molecule has 2 aromatic carbocycles. The first-order chi connectivity index (χ1) is 20.4. The van der Waals surface area contributed by atoms with Crippen molar-refractivity contribution in [3.63, 3.8) is 0 Å². The van der Waals surface area contributed by atoms with E-state index in [1.165, 1.54) is 6.08 Å². The highest BCUT2D eigenvalue weighted by molar-refractivity contribution is 5.96. The summed E-state index contributed by atoms with van der Waals surface area (Å²) in [5, 5.41) is 23.1. The Kier molecular flexibility index (Phi) is 7.65. The maximum Gasteiger partial charge on any atom is 0.246 e. The molecule has 0 bridgehead atoms. The number of carbonyl (C=O) groups excluding carboxylic acids is 1. The summed E-state index contributed by atoms with van der Waals surface area (Å²) in [6.45, 7) is 10.2. The largest absolute Gasteiger partial charge is 0.508 e. The van der Waals surface area contributed by atoms with Gasteiger partial charge in [-0.05, 0) is 57.3 Å². The summed E-state index contributed by atoms with van der Waals surface area (Å²) >= 11 is 0. The molecule has 1 amide bonds. The molecule has 1 aromatic heterocycles. The maximum absolute atomic E-state index is 12.4. The van der Waals surface area contributed by atoms with Crippen LogP contribution in [0.2, 0.25) is 0 Å². The number of carbonyl (C=O) groups is 1. The lowest BCUT2D eigenvalue weighted by atomic mass is 9.96. The number of phenolic OH excluding ortho intramolecular Hbond substituents is 1. The monoisotopic (exact) mass is 566 g/mol. The Hall–Kier alpha value is -4.29. The summed E-state index contributed by atoms with van der Waals surface area (Å²) in [4.78, 5) is 26.1. The first kappa shape index (κ1) is 27.9. The minimum absolute atomic E-state index is 0.0325. The topological polar surface area (TPSA) is 96.2 Å². The van der Waals surface area contributed by atoms with E-state index in [1.54, 1.807) is 6.07 Å². The van der Waals surface area contributed by atoms with Crippen molar-refractivity contribution in [1.29, 1.82) is 5.26 Å². The number of benzene rings is 2. The molecule has 0 radical (unpaired) electrons. The summed E-state index contributed by atoms with van der Waals surface area (Å²) in [6.07, 6.45) is 4.26. The number of piperazine rings is 1. The number of fused-ring (bicyclic) bond motifs is 2. The van der Waals surface area contributed by atoms with E-state index in [1.807, 2.05) is 36.1 Å². The number of rotatable bonds is 6. The van der Waals surface area contributed by atoms with Crippen LogP contribution in [-0.2, 0) is 17.8 Å². The Morgan fingerprint density at radius 2 is 2.05 bits per heavy atom. The second-order valence-corrected chi connectivity index (χ2v) is 11.7. The molecular weight excluding hydrogens is 528 g/mol. The molecule has 2 atom stereocenters. The summed E-state index contributed by atoms with van der Waals surface area (Å²) in [5.41, 5.74) is 4.27. The van der Waals surface area contributed by atoms with Gasteiger partial charge in [-0.25, -0.2) is 4.98 Å². The van der Waals surface area contributed by atoms with Crippen LogP contribution >= 0.6 is 0 Å². The molecule has 3 aromatic rings. The number of hydrogen-bond donors (Lipinski definition) is 1. The zero-order valence-corrected chi connectivity index (χ0v) is 24.4. The molecular formula is C33H38N6O3. The van der Waals surface area contributed by atoms with Gasteiger partial charge in [0.25, 0.3) is 0 Å². The second kappa shape index (κ2) is 11.5. The van der Waals surface area contributed by atoms with Gasteiger partial charge in [-0.15, -0.1) is 0 Å². The lowest BCUT2D eigenvalue weighted by Gasteiger charge is -2.42. The van der Waals surface area contributed by atoms with Gasteiger partial charge in [-0.1, -0.05) is 30.8 Å². The normalized spacial score (nSPS) is 20.8. The molecule has 0 saturated carbocycles. The third-order valence-electron chi connectivity index (χ3n) is 9.06. The molecule has 4 heterocycles. The highest BCUT2D eigenvalue weighted by Gasteiger charge is 2.34. The Bertz CT molecular complexity index is 1570. The molecule has 42 heavy (non-hydrogen) atoms. The van der Waals surface area contributed by atoms with Crippen LogP contribution in [0.15, 0.2) is 49.1 Å². The summed E-state index contributed by atoms with van der Waals surface area (Å²) in [7, 11) is 2.11. The average molecular weight is 567 g/mol. The van der Waals surface area contributed by atoms with Crippen LogP contribution in [0.1, 0.15) is 36.6 Å². The van der Waals surface area contributed by atoms with Gasteiger partial charge in [0.1, 0.15) is 24.0 Å². The first-order valence-electron chi connectivity index (χ1n) is 14.8. The van der Waals surface area contributed by atoms with Crippen molar-refractivity contribution in [1.82, 2.24) is 14.8 Å². The van der Waals surface area contributed by atoms with Crippen molar-refractivity contribution >= 4 is 28.1 Å². The van der Waals surface area contributed by atoms with Crippen LogP contribution in [0.4, 0.5) is 11.4 Å². The first-order valence-corrected chi connectivity index (χ1v) is 14.8. The van der Waals surface area contributed by atoms with Crippen LogP contribution in [0.5, 0.6) is 11.6 Å². The van der Waals surface area contributed by atoms with E-state index in [0.29, 0.717) is 56.7 Å². The number of likely N-dealkylation sites (N-methyl/N-ethyl adjacent to an activating group) is 1. The molecule has 3 aliphatic heterocycles. The third kappa shape index (κ3) is 5.12. The van der Waals surface area contributed by atoms with Gasteiger partial charge in [0.2, 0.25) is 11.8 Å². The third-order valence-corrected chi connectivity index (χ3v) is 9.06. The number of ether oxygens (including phenoxy) is 1. The molecule has 0 spiro atoms. The Labute approximate surface area is 247 Å². The van der Waals surface area contributed by atoms with Crippen molar-refractivity contribution in [3.05, 3.63) is 65.9 Å². The zero-order chi connectivity index (χ0) is 29.4. The van der Waals surface area contributed by atoms with Crippen molar-refractivity contribution < 1.29 is 14.6 Å². The van der Waals surface area contributed by atoms with Crippen molar-refractivity contribution in [2.75, 3.05) is 56.2 Å². The smallest absolute Gasteiger partial charge is 0.246 e. The minimum atomic E-state index is -0.0712. The minimum Gasteiger partial charge on any atom is -0.508 e. The van der Waals surface area contributed by atoms with Gasteiger partial charge in [0.15, 0.2) is 0 Å².